The first kappa shape index (κ1) is 16.3. The smallest absolute Gasteiger partial charge is 0.119 e. The maximum absolute atomic E-state index is 5.22. The molecule has 1 aromatic heterocycles. The van der Waals surface area contributed by atoms with Crippen LogP contribution in [0.5, 0.6) is 5.75 Å². The van der Waals surface area contributed by atoms with E-state index in [1.165, 1.54) is 29.2 Å². The van der Waals surface area contributed by atoms with Crippen molar-refractivity contribution in [3.63, 3.8) is 0 Å². The molecule has 5 heteroatoms. The molecule has 0 bridgehead atoms. The maximum Gasteiger partial charge on any atom is 0.119 e. The van der Waals surface area contributed by atoms with Crippen molar-refractivity contribution in [1.29, 1.82) is 0 Å². The number of anilines is 1. The van der Waals surface area contributed by atoms with Crippen molar-refractivity contribution in [1.82, 2.24) is 10.3 Å². The summed E-state index contributed by atoms with van der Waals surface area (Å²) in [5.74, 6) is 0.917. The zero-order valence-electron chi connectivity index (χ0n) is 13.9. The van der Waals surface area contributed by atoms with Crippen LogP contribution in [0.3, 0.4) is 0 Å². The van der Waals surface area contributed by atoms with Crippen LogP contribution in [0.25, 0.3) is 0 Å². The number of piperidine rings is 1. The van der Waals surface area contributed by atoms with Gasteiger partial charge in [-0.3, -0.25) is 0 Å². The summed E-state index contributed by atoms with van der Waals surface area (Å²) in [6.07, 6.45) is 3.39. The normalized spacial score (nSPS) is 15.8. The Hall–Kier alpha value is -1.59. The molecular formula is C18H25N3OS. The number of nitrogens with zero attached hydrogens (tertiary/aromatic N) is 2. The molecule has 0 radical (unpaired) electrons. The largest absolute Gasteiger partial charge is 0.497 e. The minimum atomic E-state index is 0.594. The Morgan fingerprint density at radius 3 is 2.61 bits per heavy atom. The van der Waals surface area contributed by atoms with Gasteiger partial charge in [0.05, 0.1) is 17.8 Å². The van der Waals surface area contributed by atoms with Crippen LogP contribution >= 0.6 is 11.3 Å². The SMILES string of the molecule is CCc1nc(CNC2CCN(c3ccc(OC)cc3)CC2)cs1. The number of rotatable bonds is 6. The van der Waals surface area contributed by atoms with Gasteiger partial charge in [0.1, 0.15) is 5.75 Å². The third-order valence-electron chi connectivity index (χ3n) is 4.41. The molecule has 2 heterocycles. The highest BCUT2D eigenvalue weighted by Gasteiger charge is 2.19. The van der Waals surface area contributed by atoms with Gasteiger partial charge < -0.3 is 15.0 Å². The average Bonchev–Trinajstić information content (AvgIpc) is 3.09. The molecule has 3 rings (SSSR count). The molecule has 1 aliphatic heterocycles. The van der Waals surface area contributed by atoms with Crippen LogP contribution in [-0.4, -0.2) is 31.2 Å². The summed E-state index contributed by atoms with van der Waals surface area (Å²) in [5.41, 5.74) is 2.47. The lowest BCUT2D eigenvalue weighted by molar-refractivity contribution is 0.410. The lowest BCUT2D eigenvalue weighted by atomic mass is 10.0. The van der Waals surface area contributed by atoms with E-state index in [1.807, 2.05) is 12.1 Å². The highest BCUT2D eigenvalue weighted by Crippen LogP contribution is 2.23. The molecule has 0 atom stereocenters. The standard InChI is InChI=1S/C18H25N3OS/c1-3-18-20-15(13-23-18)12-19-14-8-10-21(11-9-14)16-4-6-17(22-2)7-5-16/h4-7,13-14,19H,3,8-12H2,1-2H3. The monoisotopic (exact) mass is 331 g/mol. The Morgan fingerprint density at radius 1 is 1.26 bits per heavy atom. The van der Waals surface area contributed by atoms with Crippen molar-refractivity contribution in [2.24, 2.45) is 0 Å². The molecule has 0 aliphatic carbocycles. The third kappa shape index (κ3) is 4.24. The van der Waals surface area contributed by atoms with Gasteiger partial charge in [-0.1, -0.05) is 6.92 Å². The van der Waals surface area contributed by atoms with Crippen LogP contribution in [-0.2, 0) is 13.0 Å². The van der Waals surface area contributed by atoms with Gasteiger partial charge in [-0.25, -0.2) is 4.98 Å². The van der Waals surface area contributed by atoms with Crippen molar-refractivity contribution in [2.45, 2.75) is 38.8 Å². The van der Waals surface area contributed by atoms with E-state index in [1.54, 1.807) is 18.4 Å². The summed E-state index contributed by atoms with van der Waals surface area (Å²) < 4.78 is 5.22. The van der Waals surface area contributed by atoms with E-state index >= 15 is 0 Å². The zero-order chi connectivity index (χ0) is 16.1. The van der Waals surface area contributed by atoms with Gasteiger partial charge in [0.2, 0.25) is 0 Å². The van der Waals surface area contributed by atoms with E-state index in [2.05, 4.69) is 39.6 Å². The quantitative estimate of drug-likeness (QED) is 0.879. The topological polar surface area (TPSA) is 37.4 Å². The number of hydrogen-bond acceptors (Lipinski definition) is 5. The summed E-state index contributed by atoms with van der Waals surface area (Å²) in [4.78, 5) is 7.08. The molecular weight excluding hydrogens is 306 g/mol. The minimum Gasteiger partial charge on any atom is -0.497 e. The van der Waals surface area contributed by atoms with Crippen LogP contribution in [0.1, 0.15) is 30.5 Å². The molecule has 1 fully saturated rings. The highest BCUT2D eigenvalue weighted by molar-refractivity contribution is 7.09. The molecule has 0 saturated carbocycles. The summed E-state index contributed by atoms with van der Waals surface area (Å²) >= 11 is 1.77. The van der Waals surface area contributed by atoms with E-state index in [0.29, 0.717) is 6.04 Å². The number of aryl methyl sites for hydroxylation is 1. The molecule has 0 amide bonds. The number of nitrogens with one attached hydrogen (secondary N) is 1. The first-order valence-electron chi connectivity index (χ1n) is 8.34. The van der Waals surface area contributed by atoms with Gasteiger partial charge in [-0.2, -0.15) is 0 Å². The Kier molecular flexibility index (Phi) is 5.51. The van der Waals surface area contributed by atoms with Crippen LogP contribution in [0.4, 0.5) is 5.69 Å². The van der Waals surface area contributed by atoms with Gasteiger partial charge in [0, 0.05) is 36.7 Å². The molecule has 4 nitrogen and oxygen atoms in total. The Morgan fingerprint density at radius 2 is 2.00 bits per heavy atom. The third-order valence-corrected chi connectivity index (χ3v) is 5.45. The number of ether oxygens (including phenoxy) is 1. The van der Waals surface area contributed by atoms with Crippen molar-refractivity contribution >= 4 is 17.0 Å². The lowest BCUT2D eigenvalue weighted by Gasteiger charge is -2.34. The second kappa shape index (κ2) is 7.79. The van der Waals surface area contributed by atoms with Gasteiger partial charge in [0.15, 0.2) is 0 Å². The Bertz CT molecular complexity index is 603. The molecule has 1 aliphatic rings. The first-order chi connectivity index (χ1) is 11.3. The Labute approximate surface area is 142 Å². The minimum absolute atomic E-state index is 0.594. The maximum atomic E-state index is 5.22. The fraction of sp³-hybridized carbons (Fsp3) is 0.500. The lowest BCUT2D eigenvalue weighted by Crippen LogP contribution is -2.42. The second-order valence-electron chi connectivity index (χ2n) is 5.93. The fourth-order valence-electron chi connectivity index (χ4n) is 2.98. The van der Waals surface area contributed by atoms with E-state index in [4.69, 9.17) is 4.74 Å². The predicted molar refractivity (Wildman–Crippen MR) is 96.6 cm³/mol. The second-order valence-corrected chi connectivity index (χ2v) is 6.87. The summed E-state index contributed by atoms with van der Waals surface area (Å²) in [7, 11) is 1.71. The highest BCUT2D eigenvalue weighted by atomic mass is 32.1. The van der Waals surface area contributed by atoms with Crippen LogP contribution in [0, 0.1) is 0 Å². The summed E-state index contributed by atoms with van der Waals surface area (Å²) in [6, 6.07) is 8.96. The van der Waals surface area contributed by atoms with E-state index in [-0.39, 0.29) is 0 Å². The molecule has 1 saturated heterocycles. The van der Waals surface area contributed by atoms with Crippen molar-refractivity contribution in [3.05, 3.63) is 40.3 Å². The van der Waals surface area contributed by atoms with E-state index in [0.717, 1.165) is 31.8 Å². The molecule has 23 heavy (non-hydrogen) atoms. The molecule has 0 unspecified atom stereocenters. The van der Waals surface area contributed by atoms with Crippen molar-refractivity contribution < 1.29 is 4.74 Å². The number of hydrogen-bond donors (Lipinski definition) is 1. The van der Waals surface area contributed by atoms with Crippen LogP contribution < -0.4 is 15.0 Å². The van der Waals surface area contributed by atoms with Gasteiger partial charge in [-0.15, -0.1) is 11.3 Å². The number of methoxy groups -OCH3 is 1. The van der Waals surface area contributed by atoms with Crippen molar-refractivity contribution in [3.8, 4) is 5.75 Å². The first-order valence-corrected chi connectivity index (χ1v) is 9.22. The van der Waals surface area contributed by atoms with Gasteiger partial charge in [0.25, 0.3) is 0 Å². The predicted octanol–water partition coefficient (Wildman–Crippen LogP) is 3.47. The number of aromatic nitrogens is 1. The zero-order valence-corrected chi connectivity index (χ0v) is 14.7. The van der Waals surface area contributed by atoms with E-state index in [9.17, 15) is 0 Å². The Balaban J connectivity index is 1.46. The molecule has 124 valence electrons. The number of thiazole rings is 1. The van der Waals surface area contributed by atoms with Gasteiger partial charge in [-0.05, 0) is 43.5 Å². The molecule has 1 N–H and O–H groups in total. The van der Waals surface area contributed by atoms with Crippen LogP contribution in [0.2, 0.25) is 0 Å². The van der Waals surface area contributed by atoms with Crippen molar-refractivity contribution in [2.75, 3.05) is 25.1 Å². The van der Waals surface area contributed by atoms with E-state index < -0.39 is 0 Å². The molecule has 0 spiro atoms. The molecule has 1 aromatic carbocycles. The summed E-state index contributed by atoms with van der Waals surface area (Å²) in [5, 5.41) is 7.07. The number of benzene rings is 1. The molecule has 2 aromatic rings. The fourth-order valence-corrected chi connectivity index (χ4v) is 3.72. The van der Waals surface area contributed by atoms with Crippen LogP contribution in [0.15, 0.2) is 29.6 Å². The van der Waals surface area contributed by atoms with Gasteiger partial charge >= 0.3 is 0 Å². The summed E-state index contributed by atoms with van der Waals surface area (Å²) in [6.45, 7) is 5.25. The average molecular weight is 331 g/mol.